The Morgan fingerprint density at radius 1 is 0.793 bits per heavy atom. The molecule has 0 saturated heterocycles. The molecular formula is C24H48N2O3. The predicted molar refractivity (Wildman–Crippen MR) is 122 cm³/mol. The Hall–Kier alpha value is -1.10. The molecule has 0 aliphatic heterocycles. The molecule has 5 heteroatoms. The van der Waals surface area contributed by atoms with E-state index in [9.17, 15) is 9.59 Å². The summed E-state index contributed by atoms with van der Waals surface area (Å²) in [5, 5.41) is 2.88. The van der Waals surface area contributed by atoms with Gasteiger partial charge in [0.25, 0.3) is 0 Å². The highest BCUT2D eigenvalue weighted by molar-refractivity contribution is 5.75. The van der Waals surface area contributed by atoms with Gasteiger partial charge in [-0.25, -0.2) is 0 Å². The number of nitrogens with two attached hydrogens (primary N) is 1. The lowest BCUT2D eigenvalue weighted by atomic mass is 10.0. The molecule has 5 nitrogen and oxygen atoms in total. The van der Waals surface area contributed by atoms with E-state index in [1.54, 1.807) is 0 Å². The fourth-order valence-corrected chi connectivity index (χ4v) is 3.58. The normalized spacial score (nSPS) is 12.0. The van der Waals surface area contributed by atoms with Crippen molar-refractivity contribution < 1.29 is 14.3 Å². The van der Waals surface area contributed by atoms with E-state index < -0.39 is 0 Å². The number of amides is 1. The Balaban J connectivity index is 3.29. The number of hydrogen-bond donors (Lipinski definition) is 2. The minimum Gasteiger partial charge on any atom is -0.461 e. The Kier molecular flexibility index (Phi) is 20.8. The van der Waals surface area contributed by atoms with E-state index in [1.165, 1.54) is 90.4 Å². The molecule has 1 amide bonds. The number of esters is 1. The van der Waals surface area contributed by atoms with Crippen molar-refractivity contribution in [3.63, 3.8) is 0 Å². The lowest BCUT2D eigenvalue weighted by Gasteiger charge is -2.15. The summed E-state index contributed by atoms with van der Waals surface area (Å²) >= 11 is 0. The lowest BCUT2D eigenvalue weighted by molar-refractivity contribution is -0.146. The summed E-state index contributed by atoms with van der Waals surface area (Å²) in [6, 6.07) is 0. The molecule has 0 heterocycles. The van der Waals surface area contributed by atoms with Gasteiger partial charge in [-0.2, -0.15) is 0 Å². The van der Waals surface area contributed by atoms with Crippen LogP contribution in [-0.4, -0.2) is 31.1 Å². The molecule has 0 bridgehead atoms. The van der Waals surface area contributed by atoms with Gasteiger partial charge in [0, 0.05) is 32.9 Å². The van der Waals surface area contributed by atoms with Crippen molar-refractivity contribution in [3.8, 4) is 0 Å². The Labute approximate surface area is 179 Å². The van der Waals surface area contributed by atoms with Crippen LogP contribution in [0.3, 0.4) is 0 Å². The summed E-state index contributed by atoms with van der Waals surface area (Å²) < 4.78 is 5.06. The number of ether oxygens (including phenoxy) is 1. The first-order chi connectivity index (χ1) is 14.1. The number of hydrogen-bond acceptors (Lipinski definition) is 4. The molecule has 0 rings (SSSR count). The van der Waals surface area contributed by atoms with Crippen molar-refractivity contribution >= 4 is 11.9 Å². The maximum Gasteiger partial charge on any atom is 0.302 e. The summed E-state index contributed by atoms with van der Waals surface area (Å²) in [6.45, 7) is 4.44. The van der Waals surface area contributed by atoms with Crippen LogP contribution in [0.2, 0.25) is 0 Å². The highest BCUT2D eigenvalue weighted by atomic mass is 16.5. The standard InChI is InChI=1S/C24H48N2O3/c1-3-4-5-6-7-8-9-10-11-12-13-14-15-16-17-18-24(28)26-20-19-23(21-25)29-22(2)27/h23H,3-21,25H2,1-2H3,(H,26,28). The monoisotopic (exact) mass is 412 g/mol. The van der Waals surface area contributed by atoms with Crippen molar-refractivity contribution in [1.29, 1.82) is 0 Å². The maximum absolute atomic E-state index is 11.8. The first-order valence-corrected chi connectivity index (χ1v) is 12.2. The van der Waals surface area contributed by atoms with Crippen LogP contribution < -0.4 is 11.1 Å². The summed E-state index contributed by atoms with van der Waals surface area (Å²) in [5.74, 6) is -0.247. The van der Waals surface area contributed by atoms with Crippen molar-refractivity contribution in [3.05, 3.63) is 0 Å². The second-order valence-corrected chi connectivity index (χ2v) is 8.31. The van der Waals surface area contributed by atoms with E-state index in [4.69, 9.17) is 10.5 Å². The van der Waals surface area contributed by atoms with E-state index in [0.29, 0.717) is 19.4 Å². The zero-order valence-electron chi connectivity index (χ0n) is 19.3. The predicted octanol–water partition coefficient (Wildman–Crippen LogP) is 5.64. The fourth-order valence-electron chi connectivity index (χ4n) is 3.58. The molecular weight excluding hydrogens is 364 g/mol. The van der Waals surface area contributed by atoms with E-state index in [-0.39, 0.29) is 24.5 Å². The first kappa shape index (κ1) is 27.9. The molecule has 0 saturated carbocycles. The molecule has 0 radical (unpaired) electrons. The molecule has 0 spiro atoms. The van der Waals surface area contributed by atoms with Crippen molar-refractivity contribution in [2.45, 2.75) is 129 Å². The zero-order chi connectivity index (χ0) is 21.6. The van der Waals surface area contributed by atoms with Crippen LogP contribution >= 0.6 is 0 Å². The smallest absolute Gasteiger partial charge is 0.302 e. The SMILES string of the molecule is CCCCCCCCCCCCCCCCCC(=O)NCCC(CN)OC(C)=O. The minimum absolute atomic E-state index is 0.0818. The topological polar surface area (TPSA) is 81.4 Å². The van der Waals surface area contributed by atoms with Gasteiger partial charge >= 0.3 is 5.97 Å². The van der Waals surface area contributed by atoms with Gasteiger partial charge in [0.15, 0.2) is 0 Å². The minimum atomic E-state index is -0.329. The van der Waals surface area contributed by atoms with Crippen LogP contribution in [0.25, 0.3) is 0 Å². The third-order valence-corrected chi connectivity index (χ3v) is 5.39. The first-order valence-electron chi connectivity index (χ1n) is 12.2. The summed E-state index contributed by atoms with van der Waals surface area (Å²) in [6.07, 6.45) is 20.8. The van der Waals surface area contributed by atoms with Crippen molar-refractivity contribution in [2.75, 3.05) is 13.1 Å². The quantitative estimate of drug-likeness (QED) is 0.189. The average Bonchev–Trinajstić information content (AvgIpc) is 2.69. The van der Waals surface area contributed by atoms with E-state index >= 15 is 0 Å². The number of carbonyl (C=O) groups excluding carboxylic acids is 2. The molecule has 0 aliphatic rings. The number of nitrogens with one attached hydrogen (secondary N) is 1. The van der Waals surface area contributed by atoms with Crippen molar-refractivity contribution in [1.82, 2.24) is 5.32 Å². The molecule has 0 aromatic rings. The Bertz CT molecular complexity index is 388. The van der Waals surface area contributed by atoms with Crippen LogP contribution in [0.1, 0.15) is 123 Å². The van der Waals surface area contributed by atoms with Gasteiger partial charge in [-0.1, -0.05) is 96.8 Å². The highest BCUT2D eigenvalue weighted by Gasteiger charge is 2.10. The van der Waals surface area contributed by atoms with Crippen LogP contribution in [0.4, 0.5) is 0 Å². The van der Waals surface area contributed by atoms with E-state index in [2.05, 4.69) is 12.2 Å². The largest absolute Gasteiger partial charge is 0.461 e. The third kappa shape index (κ3) is 21.4. The second kappa shape index (κ2) is 21.6. The number of rotatable bonds is 21. The molecule has 3 N–H and O–H groups in total. The lowest BCUT2D eigenvalue weighted by Crippen LogP contribution is -2.32. The fraction of sp³-hybridized carbons (Fsp3) is 0.917. The summed E-state index contributed by atoms with van der Waals surface area (Å²) in [5.41, 5.74) is 5.55. The number of carbonyl (C=O) groups is 2. The third-order valence-electron chi connectivity index (χ3n) is 5.39. The van der Waals surface area contributed by atoms with Gasteiger partial charge in [0.05, 0.1) is 0 Å². The molecule has 1 atom stereocenters. The van der Waals surface area contributed by atoms with E-state index in [1.807, 2.05) is 0 Å². The van der Waals surface area contributed by atoms with Crippen molar-refractivity contribution in [2.24, 2.45) is 5.73 Å². The maximum atomic E-state index is 11.8. The second-order valence-electron chi connectivity index (χ2n) is 8.31. The molecule has 0 aromatic heterocycles. The summed E-state index contributed by atoms with van der Waals surface area (Å²) in [7, 11) is 0. The Morgan fingerprint density at radius 2 is 1.24 bits per heavy atom. The zero-order valence-corrected chi connectivity index (χ0v) is 19.3. The van der Waals surface area contributed by atoms with Crippen LogP contribution in [0, 0.1) is 0 Å². The highest BCUT2D eigenvalue weighted by Crippen LogP contribution is 2.13. The molecule has 1 unspecified atom stereocenters. The van der Waals surface area contributed by atoms with Crippen LogP contribution in [0.5, 0.6) is 0 Å². The van der Waals surface area contributed by atoms with Gasteiger partial charge in [0.1, 0.15) is 6.10 Å². The van der Waals surface area contributed by atoms with Gasteiger partial charge in [-0.05, 0) is 6.42 Å². The van der Waals surface area contributed by atoms with E-state index in [0.717, 1.165) is 12.8 Å². The molecule has 29 heavy (non-hydrogen) atoms. The van der Waals surface area contributed by atoms with Crippen LogP contribution in [-0.2, 0) is 14.3 Å². The molecule has 172 valence electrons. The average molecular weight is 413 g/mol. The Morgan fingerprint density at radius 3 is 1.66 bits per heavy atom. The van der Waals surface area contributed by atoms with Gasteiger partial charge < -0.3 is 15.8 Å². The van der Waals surface area contributed by atoms with Gasteiger partial charge in [-0.3, -0.25) is 9.59 Å². The summed E-state index contributed by atoms with van der Waals surface area (Å²) in [4.78, 5) is 22.7. The van der Waals surface area contributed by atoms with Crippen LogP contribution in [0.15, 0.2) is 0 Å². The van der Waals surface area contributed by atoms with Gasteiger partial charge in [-0.15, -0.1) is 0 Å². The van der Waals surface area contributed by atoms with Gasteiger partial charge in [0.2, 0.25) is 5.91 Å². The number of unbranched alkanes of at least 4 members (excludes halogenated alkanes) is 14. The molecule has 0 aliphatic carbocycles. The molecule has 0 aromatic carbocycles. The molecule has 0 fully saturated rings.